The smallest absolute Gasteiger partial charge is 0.317 e. The highest BCUT2D eigenvalue weighted by molar-refractivity contribution is 5.95. The van der Waals surface area contributed by atoms with Crippen molar-refractivity contribution in [3.05, 3.63) is 29.8 Å². The minimum atomic E-state index is -0.148. The Morgan fingerprint density at radius 3 is 2.09 bits per heavy atom. The number of urea groups is 1. The standard InChI is InChI=1S/C16H22N4O3/c1-3-17-16(23)20-10-8-19(9-11-20)15(22)13-4-6-14(7-5-13)18-12(2)21/h4-7H,3,8-11H2,1-2H3,(H,17,23)(H,18,21). The highest BCUT2D eigenvalue weighted by Gasteiger charge is 2.24. The number of carbonyl (C=O) groups excluding carboxylic acids is 3. The van der Waals surface area contributed by atoms with E-state index in [0.717, 1.165) is 0 Å². The van der Waals surface area contributed by atoms with Gasteiger partial charge in [0.2, 0.25) is 5.91 Å². The average Bonchev–Trinajstić information content (AvgIpc) is 2.55. The van der Waals surface area contributed by atoms with E-state index in [9.17, 15) is 14.4 Å². The molecule has 1 heterocycles. The monoisotopic (exact) mass is 318 g/mol. The van der Waals surface area contributed by atoms with E-state index < -0.39 is 0 Å². The molecule has 7 nitrogen and oxygen atoms in total. The van der Waals surface area contributed by atoms with Crippen LogP contribution in [0, 0.1) is 0 Å². The van der Waals surface area contributed by atoms with Crippen molar-refractivity contribution in [1.82, 2.24) is 15.1 Å². The third-order valence-electron chi connectivity index (χ3n) is 3.63. The second-order valence-corrected chi connectivity index (χ2v) is 5.37. The van der Waals surface area contributed by atoms with Crippen LogP contribution in [0.5, 0.6) is 0 Å². The Hall–Kier alpha value is -2.57. The lowest BCUT2D eigenvalue weighted by Crippen LogP contribution is -2.53. The number of nitrogens with zero attached hydrogens (tertiary/aromatic N) is 2. The van der Waals surface area contributed by atoms with Gasteiger partial charge in [-0.3, -0.25) is 9.59 Å². The maximum absolute atomic E-state index is 12.5. The Morgan fingerprint density at radius 1 is 1.00 bits per heavy atom. The van der Waals surface area contributed by atoms with Gasteiger partial charge >= 0.3 is 6.03 Å². The second-order valence-electron chi connectivity index (χ2n) is 5.37. The van der Waals surface area contributed by atoms with Crippen LogP contribution >= 0.6 is 0 Å². The number of benzene rings is 1. The molecular weight excluding hydrogens is 296 g/mol. The van der Waals surface area contributed by atoms with Crippen LogP contribution in [0.1, 0.15) is 24.2 Å². The number of rotatable bonds is 3. The summed E-state index contributed by atoms with van der Waals surface area (Å²) in [6.07, 6.45) is 0. The molecular formula is C16H22N4O3. The van der Waals surface area contributed by atoms with E-state index in [1.165, 1.54) is 6.92 Å². The van der Waals surface area contributed by atoms with E-state index in [4.69, 9.17) is 0 Å². The molecule has 0 radical (unpaired) electrons. The van der Waals surface area contributed by atoms with Crippen molar-refractivity contribution in [3.63, 3.8) is 0 Å². The SMILES string of the molecule is CCNC(=O)N1CCN(C(=O)c2ccc(NC(C)=O)cc2)CC1. The molecule has 1 aromatic carbocycles. The van der Waals surface area contributed by atoms with Gasteiger partial charge < -0.3 is 20.4 Å². The zero-order valence-electron chi connectivity index (χ0n) is 13.5. The quantitative estimate of drug-likeness (QED) is 0.876. The number of hydrogen-bond acceptors (Lipinski definition) is 3. The molecule has 7 heteroatoms. The van der Waals surface area contributed by atoms with E-state index in [0.29, 0.717) is 44.0 Å². The molecule has 23 heavy (non-hydrogen) atoms. The fraction of sp³-hybridized carbons (Fsp3) is 0.438. The van der Waals surface area contributed by atoms with Crippen LogP contribution in [0.4, 0.5) is 10.5 Å². The second kappa shape index (κ2) is 7.62. The minimum absolute atomic E-state index is 0.0603. The zero-order chi connectivity index (χ0) is 16.8. The third kappa shape index (κ3) is 4.45. The summed E-state index contributed by atoms with van der Waals surface area (Å²) in [5.41, 5.74) is 1.24. The first-order valence-electron chi connectivity index (χ1n) is 7.71. The topological polar surface area (TPSA) is 81.8 Å². The minimum Gasteiger partial charge on any atom is -0.338 e. The fourth-order valence-corrected chi connectivity index (χ4v) is 2.46. The fourth-order valence-electron chi connectivity index (χ4n) is 2.46. The number of amides is 4. The summed E-state index contributed by atoms with van der Waals surface area (Å²) in [5, 5.41) is 5.43. The van der Waals surface area contributed by atoms with Crippen LogP contribution in [0.25, 0.3) is 0 Å². The van der Waals surface area contributed by atoms with E-state index in [1.54, 1.807) is 34.1 Å². The molecule has 0 unspecified atom stereocenters. The summed E-state index contributed by atoms with van der Waals surface area (Å²) >= 11 is 0. The van der Waals surface area contributed by atoms with E-state index in [-0.39, 0.29) is 17.8 Å². The van der Waals surface area contributed by atoms with Crippen LogP contribution in [0.3, 0.4) is 0 Å². The summed E-state index contributed by atoms with van der Waals surface area (Å²) in [5.74, 6) is -0.208. The Bertz CT molecular complexity index is 577. The summed E-state index contributed by atoms with van der Waals surface area (Å²) in [4.78, 5) is 38.6. The molecule has 0 bridgehead atoms. The number of piperazine rings is 1. The molecule has 2 N–H and O–H groups in total. The number of nitrogens with one attached hydrogen (secondary N) is 2. The number of anilines is 1. The van der Waals surface area contributed by atoms with Gasteiger partial charge in [0.05, 0.1) is 0 Å². The Balaban J connectivity index is 1.92. The van der Waals surface area contributed by atoms with Gasteiger partial charge in [0, 0.05) is 50.9 Å². The number of hydrogen-bond donors (Lipinski definition) is 2. The first-order valence-corrected chi connectivity index (χ1v) is 7.71. The van der Waals surface area contributed by atoms with Gasteiger partial charge in [-0.15, -0.1) is 0 Å². The predicted molar refractivity (Wildman–Crippen MR) is 87.3 cm³/mol. The molecule has 2 rings (SSSR count). The molecule has 1 aromatic rings. The van der Waals surface area contributed by atoms with Crippen molar-refractivity contribution in [1.29, 1.82) is 0 Å². The Labute approximate surface area is 135 Å². The molecule has 0 aliphatic carbocycles. The van der Waals surface area contributed by atoms with Gasteiger partial charge in [0.15, 0.2) is 0 Å². The zero-order valence-corrected chi connectivity index (χ0v) is 13.5. The Kier molecular flexibility index (Phi) is 5.56. The number of carbonyl (C=O) groups is 3. The van der Waals surface area contributed by atoms with Gasteiger partial charge in [-0.25, -0.2) is 4.79 Å². The third-order valence-corrected chi connectivity index (χ3v) is 3.63. The molecule has 1 saturated heterocycles. The lowest BCUT2D eigenvalue weighted by Gasteiger charge is -2.34. The Morgan fingerprint density at radius 2 is 1.57 bits per heavy atom. The molecule has 1 aliphatic rings. The lowest BCUT2D eigenvalue weighted by atomic mass is 10.1. The van der Waals surface area contributed by atoms with Crippen LogP contribution < -0.4 is 10.6 Å². The molecule has 0 spiro atoms. The first-order chi connectivity index (χ1) is 11.0. The van der Waals surface area contributed by atoms with Crippen molar-refractivity contribution < 1.29 is 14.4 Å². The first kappa shape index (κ1) is 16.8. The molecule has 1 aliphatic heterocycles. The average molecular weight is 318 g/mol. The molecule has 124 valence electrons. The van der Waals surface area contributed by atoms with E-state index in [1.807, 2.05) is 6.92 Å². The molecule has 4 amide bonds. The van der Waals surface area contributed by atoms with Crippen molar-refractivity contribution in [2.75, 3.05) is 38.0 Å². The summed E-state index contributed by atoms with van der Waals surface area (Å²) < 4.78 is 0. The largest absolute Gasteiger partial charge is 0.338 e. The van der Waals surface area contributed by atoms with Crippen LogP contribution in [-0.4, -0.2) is 60.4 Å². The molecule has 0 aromatic heterocycles. The predicted octanol–water partition coefficient (Wildman–Crippen LogP) is 1.13. The van der Waals surface area contributed by atoms with Gasteiger partial charge in [0.25, 0.3) is 5.91 Å². The lowest BCUT2D eigenvalue weighted by molar-refractivity contribution is -0.114. The van der Waals surface area contributed by atoms with E-state index >= 15 is 0 Å². The molecule has 0 saturated carbocycles. The van der Waals surface area contributed by atoms with Gasteiger partial charge in [-0.05, 0) is 31.2 Å². The maximum Gasteiger partial charge on any atom is 0.317 e. The summed E-state index contributed by atoms with van der Waals surface area (Å²) in [7, 11) is 0. The van der Waals surface area contributed by atoms with Crippen LogP contribution in [0.2, 0.25) is 0 Å². The van der Waals surface area contributed by atoms with Gasteiger partial charge in [-0.2, -0.15) is 0 Å². The van der Waals surface area contributed by atoms with Crippen LogP contribution in [0.15, 0.2) is 24.3 Å². The van der Waals surface area contributed by atoms with E-state index in [2.05, 4.69) is 10.6 Å². The van der Waals surface area contributed by atoms with Crippen molar-refractivity contribution in [3.8, 4) is 0 Å². The van der Waals surface area contributed by atoms with Crippen molar-refractivity contribution in [2.45, 2.75) is 13.8 Å². The highest BCUT2D eigenvalue weighted by Crippen LogP contribution is 2.13. The normalized spacial score (nSPS) is 14.3. The summed E-state index contributed by atoms with van der Waals surface area (Å²) in [6, 6.07) is 6.73. The summed E-state index contributed by atoms with van der Waals surface area (Å²) in [6.45, 7) is 6.00. The highest BCUT2D eigenvalue weighted by atomic mass is 16.2. The molecule has 1 fully saturated rings. The van der Waals surface area contributed by atoms with Gasteiger partial charge in [-0.1, -0.05) is 0 Å². The van der Waals surface area contributed by atoms with Crippen LogP contribution in [-0.2, 0) is 4.79 Å². The maximum atomic E-state index is 12.5. The van der Waals surface area contributed by atoms with Gasteiger partial charge in [0.1, 0.15) is 0 Å². The molecule has 0 atom stereocenters. The van der Waals surface area contributed by atoms with Crippen molar-refractivity contribution in [2.24, 2.45) is 0 Å². The van der Waals surface area contributed by atoms with Crippen molar-refractivity contribution >= 4 is 23.5 Å².